The van der Waals surface area contributed by atoms with Gasteiger partial charge in [-0.2, -0.15) is 0 Å². The fourth-order valence-corrected chi connectivity index (χ4v) is 18.5. The van der Waals surface area contributed by atoms with Gasteiger partial charge in [0.2, 0.25) is 23.1 Å². The molecule has 11 aromatic heterocycles. The van der Waals surface area contributed by atoms with Gasteiger partial charge in [0.25, 0.3) is 0 Å². The molecule has 4 aromatic carbocycles. The molecular weight excluding hydrogens is 1760 g/mol. The molecule has 0 radical (unpaired) electrons. The third-order valence-electron chi connectivity index (χ3n) is 25.8. The van der Waals surface area contributed by atoms with Crippen LogP contribution >= 0.6 is 11.6 Å². The van der Waals surface area contributed by atoms with Crippen molar-refractivity contribution < 1.29 is 44.7 Å². The van der Waals surface area contributed by atoms with Gasteiger partial charge < -0.3 is 69.2 Å². The molecule has 0 bridgehead atoms. The smallest absolute Gasteiger partial charge is 0.410 e. The van der Waals surface area contributed by atoms with E-state index in [9.17, 15) is 35.5 Å². The molecule has 3 fully saturated rings. The van der Waals surface area contributed by atoms with Crippen molar-refractivity contribution in [1.29, 1.82) is 0 Å². The predicted molar refractivity (Wildman–Crippen MR) is 500 cm³/mol. The zero-order valence-electron chi connectivity index (χ0n) is 75.4. The molecular formula is C96H99ClF8N28O2. The zero-order valence-corrected chi connectivity index (χ0v) is 76.2. The monoisotopic (exact) mass is 1860 g/mol. The van der Waals surface area contributed by atoms with Gasteiger partial charge >= 0.3 is 6.09 Å². The van der Waals surface area contributed by atoms with Crippen LogP contribution in [0.1, 0.15) is 97.4 Å². The van der Waals surface area contributed by atoms with Crippen molar-refractivity contribution in [3.05, 3.63) is 203 Å². The van der Waals surface area contributed by atoms with E-state index in [0.717, 1.165) is 195 Å². The molecule has 22 rings (SSSR count). The molecule has 698 valence electrons. The lowest BCUT2D eigenvalue weighted by Crippen LogP contribution is -2.50. The third kappa shape index (κ3) is 19.3. The lowest BCUT2D eigenvalue weighted by molar-refractivity contribution is 0.0240. The van der Waals surface area contributed by atoms with Gasteiger partial charge in [-0.1, -0.05) is 53.4 Å². The standard InChI is InChI=1S/C30H34F2N8O2.2C25H26F2N8.C16H13ClF2N4/c1-5-18-12-25-36-27-21(31)13-19(14-23(27)40(25)17-18)26-22(32)16-34-28(37-26)35-24-7-6-20(15-33-24)38-8-10-39(11-9-38)29(41)42-30(2,3)4;2*1-2-15-9-22-32-24-18(26)10-16(11-20(24)35(22)14-15)23-19(27)13-30-25(33-23)31-21-4-3-17(12-29-21)34-7-5-28-6-8-34;1-2-8-3-13-21-15-10(18)4-9(5-12(15)23(13)7-8)14-11(19)6-20-16(17)22-14/h6-7,13-16,18H,5,8-12,17H2,1-4H3,(H,33,34,35,37);2*3-4,10-13,15,28H,2,5-9,14H2,1H3,(H,29,30,31,33);4-6,8H,2-3,7H2,1H3. The first-order chi connectivity index (χ1) is 65.3. The molecule has 4 unspecified atom stereocenters. The molecule has 7 aliphatic heterocycles. The number of hydrogen-bond acceptors (Lipinski definition) is 25. The van der Waals surface area contributed by atoms with E-state index < -0.39 is 52.1 Å². The van der Waals surface area contributed by atoms with Crippen LogP contribution in [0.25, 0.3) is 89.2 Å². The molecule has 0 saturated carbocycles. The van der Waals surface area contributed by atoms with E-state index in [4.69, 9.17) is 16.3 Å². The molecule has 15 aromatic rings. The minimum absolute atomic E-state index is 0.00614. The normalized spacial score (nSPS) is 17.4. The molecule has 0 spiro atoms. The van der Waals surface area contributed by atoms with E-state index >= 15 is 4.39 Å². The SMILES string of the molecule is CCC1Cc2nc3c(F)cc(-c4nc(Cl)ncc4F)cc3n2C1.CCC1Cc2nc3c(F)cc(-c4nc(Nc5ccc(N6CCN(C(=O)OC(C)(C)C)CC6)cn5)ncc4F)cc3n2C1.CCC1Cc2nc3c(F)cc(-c4nc(Nc5ccc(N6CCNCC6)cn5)ncc4F)cc3n2C1.CCC1Cc2nc3c(F)cc(-c4nc(Nc5ccc(N6CCNCC6)cn5)ncc4F)cc3n2C1. The van der Waals surface area contributed by atoms with Gasteiger partial charge in [0.05, 0.1) is 82.5 Å². The quantitative estimate of drug-likeness (QED) is 0.0418. The first kappa shape index (κ1) is 90.4. The highest BCUT2D eigenvalue weighted by molar-refractivity contribution is 6.28. The number of carbonyl (C=O) groups excluding carboxylic acids is 1. The van der Waals surface area contributed by atoms with Crippen LogP contribution in [0.5, 0.6) is 0 Å². The van der Waals surface area contributed by atoms with Crippen LogP contribution in [0.15, 0.2) is 128 Å². The summed E-state index contributed by atoms with van der Waals surface area (Å²) in [5, 5.41) is 15.7. The third-order valence-corrected chi connectivity index (χ3v) is 26.0. The second kappa shape index (κ2) is 38.3. The summed E-state index contributed by atoms with van der Waals surface area (Å²) in [6, 6.07) is 23.4. The Morgan fingerprint density at radius 1 is 0.370 bits per heavy atom. The summed E-state index contributed by atoms with van der Waals surface area (Å²) in [6.45, 7) is 27.2. The van der Waals surface area contributed by atoms with E-state index in [1.165, 1.54) is 24.3 Å². The van der Waals surface area contributed by atoms with Crippen molar-refractivity contribution in [2.75, 3.05) is 109 Å². The summed E-state index contributed by atoms with van der Waals surface area (Å²) in [5.41, 5.74) is 7.77. The van der Waals surface area contributed by atoms with E-state index in [1.54, 1.807) is 53.8 Å². The minimum Gasteiger partial charge on any atom is -0.444 e. The van der Waals surface area contributed by atoms with E-state index in [2.05, 4.69) is 144 Å². The summed E-state index contributed by atoms with van der Waals surface area (Å²) in [5.74, 6) is 3.06. The van der Waals surface area contributed by atoms with Gasteiger partial charge in [0, 0.05) is 153 Å². The number of nitrogens with zero attached hydrogens (tertiary/aromatic N) is 23. The van der Waals surface area contributed by atoms with Crippen molar-refractivity contribution in [2.45, 2.75) is 132 Å². The summed E-state index contributed by atoms with van der Waals surface area (Å²) in [7, 11) is 0. The number of pyridine rings is 3. The maximum absolute atomic E-state index is 15.1. The largest absolute Gasteiger partial charge is 0.444 e. The average molecular weight is 1860 g/mol. The average Bonchev–Trinajstić information content (AvgIpc) is 1.62. The van der Waals surface area contributed by atoms with Gasteiger partial charge in [-0.05, 0) is 141 Å². The number of piperazine rings is 3. The lowest BCUT2D eigenvalue weighted by atomic mass is 10.1. The van der Waals surface area contributed by atoms with Crippen LogP contribution in [0.4, 0.5) is 92.3 Å². The zero-order chi connectivity index (χ0) is 93.6. The molecule has 7 aliphatic rings. The Balaban J connectivity index is 0.000000118. The van der Waals surface area contributed by atoms with Crippen LogP contribution in [-0.4, -0.2) is 188 Å². The van der Waals surface area contributed by atoms with Gasteiger partial charge in [-0.15, -0.1) is 0 Å². The molecule has 39 heteroatoms. The predicted octanol–water partition coefficient (Wildman–Crippen LogP) is 17.4. The molecule has 5 N–H and O–H groups in total. The van der Waals surface area contributed by atoms with Crippen LogP contribution < -0.4 is 41.3 Å². The van der Waals surface area contributed by atoms with Crippen LogP contribution in [0.3, 0.4) is 0 Å². The highest BCUT2D eigenvalue weighted by atomic mass is 35.5. The number of carbonyl (C=O) groups is 1. The number of ether oxygens (including phenoxy) is 1. The Labute approximate surface area is 776 Å². The lowest BCUT2D eigenvalue weighted by Gasteiger charge is -2.36. The fraction of sp³-hybridized carbons (Fsp3) is 0.375. The Hall–Kier alpha value is -13.8. The Morgan fingerprint density at radius 2 is 0.659 bits per heavy atom. The number of amides is 1. The first-order valence-corrected chi connectivity index (χ1v) is 46.0. The van der Waals surface area contributed by atoms with Crippen LogP contribution in [0, 0.1) is 70.2 Å². The van der Waals surface area contributed by atoms with E-state index in [-0.39, 0.29) is 52.0 Å². The maximum Gasteiger partial charge on any atom is 0.410 e. The van der Waals surface area contributed by atoms with Gasteiger partial charge in [0.1, 0.15) is 91.2 Å². The minimum atomic E-state index is -0.652. The molecule has 18 heterocycles. The number of rotatable bonds is 17. The van der Waals surface area contributed by atoms with Crippen molar-refractivity contribution in [2.24, 2.45) is 23.7 Å². The van der Waals surface area contributed by atoms with Crippen molar-refractivity contribution in [1.82, 2.24) is 109 Å². The van der Waals surface area contributed by atoms with Crippen LogP contribution in [0.2, 0.25) is 5.28 Å². The second-order valence-electron chi connectivity index (χ2n) is 35.8. The summed E-state index contributed by atoms with van der Waals surface area (Å²) < 4.78 is 131. The number of anilines is 9. The second-order valence-corrected chi connectivity index (χ2v) is 36.1. The number of nitrogens with one attached hydrogen (secondary N) is 5. The van der Waals surface area contributed by atoms with Crippen molar-refractivity contribution in [3.8, 4) is 45.0 Å². The van der Waals surface area contributed by atoms with Gasteiger partial charge in [-0.3, -0.25) is 0 Å². The number of imidazole rings is 4. The molecule has 1 amide bonds. The number of aromatic nitrogens is 19. The Morgan fingerprint density at radius 3 is 0.941 bits per heavy atom. The van der Waals surface area contributed by atoms with Crippen LogP contribution in [-0.2, 0) is 56.6 Å². The Bertz CT molecular complexity index is 6720. The topological polar surface area (TPSA) is 312 Å². The molecule has 135 heavy (non-hydrogen) atoms. The Kier molecular flexibility index (Phi) is 25.7. The summed E-state index contributed by atoms with van der Waals surface area (Å²) in [6.07, 6.45) is 16.7. The molecule has 30 nitrogen and oxygen atoms in total. The number of halogens is 9. The fourth-order valence-electron chi connectivity index (χ4n) is 18.4. The number of fused-ring (bicyclic) bond motifs is 12. The van der Waals surface area contributed by atoms with Gasteiger partial charge in [0.15, 0.2) is 46.5 Å². The molecule has 3 saturated heterocycles. The van der Waals surface area contributed by atoms with E-state index in [0.29, 0.717) is 134 Å². The van der Waals surface area contributed by atoms with Crippen molar-refractivity contribution >= 4 is 114 Å². The molecule has 4 atom stereocenters. The van der Waals surface area contributed by atoms with E-state index in [1.807, 2.05) is 69.4 Å². The first-order valence-electron chi connectivity index (χ1n) is 45.7. The van der Waals surface area contributed by atoms with Gasteiger partial charge in [-0.25, -0.2) is 115 Å². The summed E-state index contributed by atoms with van der Waals surface area (Å²) in [4.78, 5) is 84.7. The highest BCUT2D eigenvalue weighted by Crippen LogP contribution is 2.40. The number of hydrogen-bond donors (Lipinski definition) is 5. The number of benzene rings is 4. The highest BCUT2D eigenvalue weighted by Gasteiger charge is 2.34. The maximum atomic E-state index is 15.1. The summed E-state index contributed by atoms with van der Waals surface area (Å²) >= 11 is 5.74. The van der Waals surface area contributed by atoms with Crippen molar-refractivity contribution in [3.63, 3.8) is 0 Å². The molecule has 0 aliphatic carbocycles.